The van der Waals surface area contributed by atoms with Crippen molar-refractivity contribution < 1.29 is 17.9 Å². The molecular weight excluding hydrogens is 318 g/mol. The quantitative estimate of drug-likeness (QED) is 0.516. The SMILES string of the molecule is CN=C(NCCS(=O)(=O)C(C)(C)C)NC(C)COC1CCOC1. The van der Waals surface area contributed by atoms with Crippen molar-refractivity contribution in [3.05, 3.63) is 0 Å². The van der Waals surface area contributed by atoms with Crippen LogP contribution in [-0.2, 0) is 19.3 Å². The number of nitrogens with zero attached hydrogens (tertiary/aromatic N) is 1. The number of hydrogen-bond acceptors (Lipinski definition) is 5. The van der Waals surface area contributed by atoms with E-state index in [1.165, 1.54) is 0 Å². The van der Waals surface area contributed by atoms with Gasteiger partial charge in [-0.25, -0.2) is 8.42 Å². The zero-order valence-corrected chi connectivity index (χ0v) is 15.7. The molecule has 23 heavy (non-hydrogen) atoms. The number of rotatable bonds is 7. The van der Waals surface area contributed by atoms with Gasteiger partial charge >= 0.3 is 0 Å². The minimum atomic E-state index is -3.14. The molecule has 1 aliphatic rings. The van der Waals surface area contributed by atoms with Gasteiger partial charge in [-0.15, -0.1) is 0 Å². The number of guanidine groups is 1. The van der Waals surface area contributed by atoms with Crippen LogP contribution in [-0.4, -0.2) is 70.4 Å². The Labute approximate surface area is 140 Å². The van der Waals surface area contributed by atoms with Gasteiger partial charge in [0.25, 0.3) is 0 Å². The van der Waals surface area contributed by atoms with Crippen molar-refractivity contribution in [2.45, 2.75) is 51.0 Å². The second-order valence-corrected chi connectivity index (χ2v) is 9.66. The van der Waals surface area contributed by atoms with Crippen molar-refractivity contribution in [1.29, 1.82) is 0 Å². The molecular formula is C15H31N3O4S. The van der Waals surface area contributed by atoms with Crippen molar-refractivity contribution in [3.63, 3.8) is 0 Å². The molecule has 1 fully saturated rings. The van der Waals surface area contributed by atoms with E-state index in [9.17, 15) is 8.42 Å². The number of hydrogen-bond donors (Lipinski definition) is 2. The molecule has 1 aliphatic heterocycles. The summed E-state index contributed by atoms with van der Waals surface area (Å²) in [6, 6.07) is 0.0704. The van der Waals surface area contributed by atoms with E-state index in [0.29, 0.717) is 25.7 Å². The third-order valence-electron chi connectivity index (χ3n) is 3.67. The maximum atomic E-state index is 12.1. The van der Waals surface area contributed by atoms with Crippen LogP contribution in [0.3, 0.4) is 0 Å². The van der Waals surface area contributed by atoms with Crippen LogP contribution in [0.1, 0.15) is 34.1 Å². The van der Waals surface area contributed by atoms with Gasteiger partial charge in [0, 0.05) is 26.2 Å². The first-order valence-corrected chi connectivity index (χ1v) is 9.70. The molecule has 0 aliphatic carbocycles. The molecule has 2 unspecified atom stereocenters. The molecule has 0 spiro atoms. The Hall–Kier alpha value is -0.860. The van der Waals surface area contributed by atoms with Gasteiger partial charge < -0.3 is 20.1 Å². The third-order valence-corrected chi connectivity index (χ3v) is 6.28. The predicted octanol–water partition coefficient (Wildman–Crippen LogP) is 0.559. The molecule has 0 aromatic heterocycles. The average Bonchev–Trinajstić information content (AvgIpc) is 2.96. The van der Waals surface area contributed by atoms with E-state index in [-0.39, 0.29) is 17.9 Å². The second kappa shape index (κ2) is 8.84. The van der Waals surface area contributed by atoms with Crippen LogP contribution in [0.4, 0.5) is 0 Å². The summed E-state index contributed by atoms with van der Waals surface area (Å²) in [5.41, 5.74) is 0. The van der Waals surface area contributed by atoms with Crippen molar-refractivity contribution in [2.75, 3.05) is 39.2 Å². The standard InChI is InChI=1S/C15H31N3O4S/c1-12(10-22-13-6-8-21-11-13)18-14(16-5)17-7-9-23(19,20)15(2,3)4/h12-13H,6-11H2,1-5H3,(H2,16,17,18). The molecule has 2 N–H and O–H groups in total. The highest BCUT2D eigenvalue weighted by molar-refractivity contribution is 7.92. The van der Waals surface area contributed by atoms with Gasteiger partial charge in [0.05, 0.1) is 29.8 Å². The molecule has 0 amide bonds. The van der Waals surface area contributed by atoms with E-state index in [2.05, 4.69) is 15.6 Å². The fourth-order valence-electron chi connectivity index (χ4n) is 2.00. The molecule has 0 aromatic carbocycles. The highest BCUT2D eigenvalue weighted by atomic mass is 32.2. The summed E-state index contributed by atoms with van der Waals surface area (Å²) in [5, 5.41) is 6.23. The second-order valence-electron chi connectivity index (χ2n) is 6.79. The Bertz CT molecular complexity index is 479. The Kier molecular flexibility index (Phi) is 7.76. The Morgan fingerprint density at radius 2 is 2.13 bits per heavy atom. The molecule has 1 saturated heterocycles. The van der Waals surface area contributed by atoms with Crippen LogP contribution in [0.5, 0.6) is 0 Å². The fourth-order valence-corrected chi connectivity index (χ4v) is 2.99. The van der Waals surface area contributed by atoms with Crippen LogP contribution < -0.4 is 10.6 Å². The van der Waals surface area contributed by atoms with E-state index in [4.69, 9.17) is 9.47 Å². The minimum Gasteiger partial charge on any atom is -0.379 e. The lowest BCUT2D eigenvalue weighted by molar-refractivity contribution is 0.0348. The van der Waals surface area contributed by atoms with Gasteiger partial charge in [-0.1, -0.05) is 0 Å². The van der Waals surface area contributed by atoms with Gasteiger partial charge in [0.1, 0.15) is 0 Å². The van der Waals surface area contributed by atoms with Crippen LogP contribution in [0.25, 0.3) is 0 Å². The highest BCUT2D eigenvalue weighted by Gasteiger charge is 2.28. The van der Waals surface area contributed by atoms with Crippen molar-refractivity contribution in [3.8, 4) is 0 Å². The smallest absolute Gasteiger partial charge is 0.191 e. The molecule has 0 bridgehead atoms. The van der Waals surface area contributed by atoms with Crippen molar-refractivity contribution >= 4 is 15.8 Å². The van der Waals surface area contributed by atoms with E-state index < -0.39 is 14.6 Å². The number of ether oxygens (including phenoxy) is 2. The van der Waals surface area contributed by atoms with Crippen LogP contribution in [0.15, 0.2) is 4.99 Å². The maximum absolute atomic E-state index is 12.1. The normalized spacial score (nSPS) is 21.3. The number of sulfone groups is 1. The molecule has 7 nitrogen and oxygen atoms in total. The summed E-state index contributed by atoms with van der Waals surface area (Å²) < 4.78 is 34.4. The Balaban J connectivity index is 2.31. The van der Waals surface area contributed by atoms with E-state index in [1.54, 1.807) is 27.8 Å². The molecule has 0 aromatic rings. The Morgan fingerprint density at radius 1 is 1.43 bits per heavy atom. The Morgan fingerprint density at radius 3 is 2.65 bits per heavy atom. The fraction of sp³-hybridized carbons (Fsp3) is 0.933. The van der Waals surface area contributed by atoms with Crippen LogP contribution in [0, 0.1) is 0 Å². The maximum Gasteiger partial charge on any atom is 0.191 e. The van der Waals surface area contributed by atoms with Crippen LogP contribution in [0.2, 0.25) is 0 Å². The molecule has 1 heterocycles. The number of nitrogens with one attached hydrogen (secondary N) is 2. The van der Waals surface area contributed by atoms with Gasteiger partial charge in [0.2, 0.25) is 0 Å². The minimum absolute atomic E-state index is 0.0704. The van der Waals surface area contributed by atoms with Crippen molar-refractivity contribution in [1.82, 2.24) is 10.6 Å². The van der Waals surface area contributed by atoms with E-state index >= 15 is 0 Å². The van der Waals surface area contributed by atoms with E-state index in [1.807, 2.05) is 6.92 Å². The summed E-state index contributed by atoms with van der Waals surface area (Å²) in [4.78, 5) is 4.11. The lowest BCUT2D eigenvalue weighted by Crippen LogP contribution is -2.46. The first-order valence-electron chi connectivity index (χ1n) is 8.04. The van der Waals surface area contributed by atoms with Crippen molar-refractivity contribution in [2.24, 2.45) is 4.99 Å². The summed E-state index contributed by atoms with van der Waals surface area (Å²) >= 11 is 0. The predicted molar refractivity (Wildman–Crippen MR) is 92.7 cm³/mol. The summed E-state index contributed by atoms with van der Waals surface area (Å²) in [5.74, 6) is 0.648. The molecule has 8 heteroatoms. The largest absolute Gasteiger partial charge is 0.379 e. The van der Waals surface area contributed by atoms with Gasteiger partial charge in [-0.3, -0.25) is 4.99 Å². The third kappa shape index (κ3) is 7.05. The van der Waals surface area contributed by atoms with Gasteiger partial charge in [0.15, 0.2) is 15.8 Å². The van der Waals surface area contributed by atoms with Gasteiger partial charge in [-0.05, 0) is 34.1 Å². The topological polar surface area (TPSA) is 89.0 Å². The molecule has 2 atom stereocenters. The lowest BCUT2D eigenvalue weighted by atomic mass is 10.3. The lowest BCUT2D eigenvalue weighted by Gasteiger charge is -2.21. The molecule has 1 rings (SSSR count). The highest BCUT2D eigenvalue weighted by Crippen LogP contribution is 2.15. The summed E-state index contributed by atoms with van der Waals surface area (Å²) in [7, 11) is -1.48. The zero-order chi connectivity index (χ0) is 17.5. The summed E-state index contributed by atoms with van der Waals surface area (Å²) in [6.45, 7) is 9.42. The first-order chi connectivity index (χ1) is 10.7. The number of aliphatic imine (C=N–C) groups is 1. The van der Waals surface area contributed by atoms with E-state index in [0.717, 1.165) is 13.0 Å². The first kappa shape index (κ1) is 20.2. The molecule has 0 radical (unpaired) electrons. The molecule has 0 saturated carbocycles. The zero-order valence-electron chi connectivity index (χ0n) is 14.9. The van der Waals surface area contributed by atoms with Crippen LogP contribution >= 0.6 is 0 Å². The summed E-state index contributed by atoms with van der Waals surface area (Å²) in [6.07, 6.45) is 1.11. The molecule has 136 valence electrons. The monoisotopic (exact) mass is 349 g/mol. The average molecular weight is 349 g/mol. The van der Waals surface area contributed by atoms with Gasteiger partial charge in [-0.2, -0.15) is 0 Å².